The van der Waals surface area contributed by atoms with Crippen molar-refractivity contribution in [3.8, 4) is 11.1 Å². The Morgan fingerprint density at radius 2 is 1.66 bits per heavy atom. The molecule has 1 atom stereocenters. The number of nitrogens with one attached hydrogen (secondary N) is 1. The largest absolute Gasteiger partial charge is 0.416 e. The van der Waals surface area contributed by atoms with Gasteiger partial charge in [-0.15, -0.1) is 0 Å². The summed E-state index contributed by atoms with van der Waals surface area (Å²) < 4.78 is 54.3. The number of primary amides is 1. The molecule has 0 spiro atoms. The van der Waals surface area contributed by atoms with Crippen molar-refractivity contribution in [1.29, 1.82) is 0 Å². The number of halogens is 4. The van der Waals surface area contributed by atoms with Crippen LogP contribution >= 0.6 is 11.6 Å². The van der Waals surface area contributed by atoms with Gasteiger partial charge < -0.3 is 5.73 Å². The quantitative estimate of drug-likeness (QED) is 0.570. The summed E-state index contributed by atoms with van der Waals surface area (Å²) >= 11 is 5.91. The van der Waals surface area contributed by atoms with Crippen LogP contribution in [0.5, 0.6) is 0 Å². The normalized spacial score (nSPS) is 12.4. The van der Waals surface area contributed by atoms with Crippen LogP contribution < -0.4 is 10.5 Å². The van der Waals surface area contributed by atoms with E-state index in [9.17, 15) is 22.2 Å². The highest BCUT2D eigenvalue weighted by Crippen LogP contribution is 2.34. The number of hydrogen-bond acceptors (Lipinski definition) is 2. The standard InChI is InChI=1S/C20H14ClF3N2O2S/c21-14-9-7-12(8-10-14)16-5-2-6-17(19(25)27)18(16)26-29(28)15-4-1-3-13(11-15)20(22,23)24/h1-11,26H,(H2,25,27). The molecule has 3 aromatic rings. The van der Waals surface area contributed by atoms with Gasteiger partial charge >= 0.3 is 6.18 Å². The first-order valence-electron chi connectivity index (χ1n) is 8.21. The molecule has 0 aliphatic rings. The lowest BCUT2D eigenvalue weighted by molar-refractivity contribution is -0.137. The summed E-state index contributed by atoms with van der Waals surface area (Å²) in [6.45, 7) is 0. The van der Waals surface area contributed by atoms with Gasteiger partial charge in [0.05, 0.1) is 21.7 Å². The zero-order valence-corrected chi connectivity index (χ0v) is 16.2. The third kappa shape index (κ3) is 4.78. The second-order valence-electron chi connectivity index (χ2n) is 6.00. The van der Waals surface area contributed by atoms with Gasteiger partial charge in [0, 0.05) is 10.6 Å². The van der Waals surface area contributed by atoms with Crippen molar-refractivity contribution >= 4 is 34.2 Å². The molecule has 1 unspecified atom stereocenters. The zero-order valence-electron chi connectivity index (χ0n) is 14.7. The second-order valence-corrected chi connectivity index (χ2v) is 7.65. The van der Waals surface area contributed by atoms with E-state index in [1.165, 1.54) is 12.1 Å². The Morgan fingerprint density at radius 1 is 1.00 bits per heavy atom. The fraction of sp³-hybridized carbons (Fsp3) is 0.0500. The van der Waals surface area contributed by atoms with E-state index < -0.39 is 28.6 Å². The number of para-hydroxylation sites is 1. The number of rotatable bonds is 5. The molecule has 3 rings (SSSR count). The molecule has 0 aromatic heterocycles. The molecule has 0 aliphatic carbocycles. The van der Waals surface area contributed by atoms with Crippen LogP contribution in [0.15, 0.2) is 71.6 Å². The molecule has 3 aromatic carbocycles. The highest BCUT2D eigenvalue weighted by Gasteiger charge is 2.31. The van der Waals surface area contributed by atoms with Crippen molar-refractivity contribution in [3.05, 3.63) is 82.9 Å². The van der Waals surface area contributed by atoms with Crippen molar-refractivity contribution in [3.63, 3.8) is 0 Å². The minimum absolute atomic E-state index is 0.0535. The van der Waals surface area contributed by atoms with Gasteiger partial charge in [0.2, 0.25) is 0 Å². The predicted octanol–water partition coefficient (Wildman–Crippen LogP) is 5.26. The first-order valence-corrected chi connectivity index (χ1v) is 9.74. The Hall–Kier alpha value is -2.84. The summed E-state index contributed by atoms with van der Waals surface area (Å²) in [6, 6.07) is 15.5. The van der Waals surface area contributed by atoms with Gasteiger partial charge in [-0.2, -0.15) is 13.2 Å². The lowest BCUT2D eigenvalue weighted by atomic mass is 10.00. The fourth-order valence-electron chi connectivity index (χ4n) is 2.68. The van der Waals surface area contributed by atoms with Crippen LogP contribution in [0.2, 0.25) is 5.02 Å². The maximum Gasteiger partial charge on any atom is 0.416 e. The third-order valence-electron chi connectivity index (χ3n) is 4.06. The van der Waals surface area contributed by atoms with E-state index in [0.29, 0.717) is 16.1 Å². The van der Waals surface area contributed by atoms with Crippen molar-refractivity contribution in [2.45, 2.75) is 11.1 Å². The maximum absolute atomic E-state index is 13.0. The van der Waals surface area contributed by atoms with Crippen molar-refractivity contribution in [2.24, 2.45) is 5.73 Å². The lowest BCUT2D eigenvalue weighted by Gasteiger charge is -2.16. The molecule has 9 heteroatoms. The molecule has 0 saturated carbocycles. The van der Waals surface area contributed by atoms with E-state index in [1.807, 2.05) is 0 Å². The summed E-state index contributed by atoms with van der Waals surface area (Å²) in [7, 11) is -2.08. The minimum atomic E-state index is -4.57. The molecule has 0 bridgehead atoms. The third-order valence-corrected chi connectivity index (χ3v) is 5.38. The molecule has 3 N–H and O–H groups in total. The van der Waals surface area contributed by atoms with Gasteiger partial charge in [0.25, 0.3) is 5.91 Å². The van der Waals surface area contributed by atoms with Crippen molar-refractivity contribution < 1.29 is 22.2 Å². The molecule has 0 saturated heterocycles. The minimum Gasteiger partial charge on any atom is -0.366 e. The highest BCUT2D eigenvalue weighted by atomic mass is 35.5. The van der Waals surface area contributed by atoms with Crippen LogP contribution in [-0.4, -0.2) is 10.1 Å². The van der Waals surface area contributed by atoms with E-state index in [0.717, 1.165) is 18.2 Å². The number of carbonyl (C=O) groups is 1. The molecule has 150 valence electrons. The molecule has 0 fully saturated rings. The van der Waals surface area contributed by atoms with Gasteiger partial charge in [-0.25, -0.2) is 4.21 Å². The van der Waals surface area contributed by atoms with Crippen molar-refractivity contribution in [2.75, 3.05) is 4.72 Å². The molecule has 0 heterocycles. The summed E-state index contributed by atoms with van der Waals surface area (Å²) in [5.41, 5.74) is 5.87. The number of benzene rings is 3. The first kappa shape index (κ1) is 20.9. The Kier molecular flexibility index (Phi) is 5.95. The Bertz CT molecular complexity index is 1090. The summed E-state index contributed by atoms with van der Waals surface area (Å²) in [4.78, 5) is 11.8. The van der Waals surface area contributed by atoms with Gasteiger partial charge in [-0.05, 0) is 42.0 Å². The Labute approximate surface area is 172 Å². The van der Waals surface area contributed by atoms with Crippen LogP contribution in [-0.2, 0) is 17.2 Å². The van der Waals surface area contributed by atoms with Gasteiger partial charge in [-0.3, -0.25) is 9.52 Å². The van der Waals surface area contributed by atoms with Gasteiger partial charge in [-0.1, -0.05) is 41.9 Å². The molecule has 1 amide bonds. The van der Waals surface area contributed by atoms with E-state index >= 15 is 0 Å². The lowest BCUT2D eigenvalue weighted by Crippen LogP contribution is -2.16. The Morgan fingerprint density at radius 3 is 2.28 bits per heavy atom. The highest BCUT2D eigenvalue weighted by molar-refractivity contribution is 7.86. The number of carbonyl (C=O) groups excluding carboxylic acids is 1. The van der Waals surface area contributed by atoms with Crippen LogP contribution in [0.4, 0.5) is 18.9 Å². The van der Waals surface area contributed by atoms with E-state index in [-0.39, 0.29) is 16.1 Å². The molecular formula is C20H14ClF3N2O2S. The molecular weight excluding hydrogens is 425 g/mol. The topological polar surface area (TPSA) is 72.2 Å². The van der Waals surface area contributed by atoms with Gasteiger partial charge in [0.1, 0.15) is 11.0 Å². The summed E-state index contributed by atoms with van der Waals surface area (Å²) in [5.74, 6) is -0.774. The van der Waals surface area contributed by atoms with Crippen LogP contribution in [0.3, 0.4) is 0 Å². The molecule has 29 heavy (non-hydrogen) atoms. The number of anilines is 1. The average Bonchev–Trinajstić information content (AvgIpc) is 2.68. The Balaban J connectivity index is 2.05. The smallest absolute Gasteiger partial charge is 0.366 e. The van der Waals surface area contributed by atoms with Crippen LogP contribution in [0.1, 0.15) is 15.9 Å². The van der Waals surface area contributed by atoms with E-state index in [1.54, 1.807) is 36.4 Å². The van der Waals surface area contributed by atoms with Gasteiger partial charge in [0.15, 0.2) is 0 Å². The zero-order chi connectivity index (χ0) is 21.2. The fourth-order valence-corrected chi connectivity index (χ4v) is 3.76. The molecule has 0 aliphatic heterocycles. The van der Waals surface area contributed by atoms with E-state index in [2.05, 4.69) is 4.72 Å². The molecule has 4 nitrogen and oxygen atoms in total. The molecule has 0 radical (unpaired) electrons. The predicted molar refractivity (Wildman–Crippen MR) is 107 cm³/mol. The summed E-state index contributed by atoms with van der Waals surface area (Å²) in [5, 5.41) is 0.502. The SMILES string of the molecule is NC(=O)c1cccc(-c2ccc(Cl)cc2)c1NS(=O)c1cccc(C(F)(F)F)c1. The van der Waals surface area contributed by atoms with Crippen LogP contribution in [0, 0.1) is 0 Å². The number of hydrogen-bond donors (Lipinski definition) is 2. The monoisotopic (exact) mass is 438 g/mol. The average molecular weight is 439 g/mol. The first-order chi connectivity index (χ1) is 13.7. The number of amides is 1. The maximum atomic E-state index is 13.0. The summed E-state index contributed by atoms with van der Waals surface area (Å²) in [6.07, 6.45) is -4.57. The van der Waals surface area contributed by atoms with Crippen LogP contribution in [0.25, 0.3) is 11.1 Å². The van der Waals surface area contributed by atoms with E-state index in [4.69, 9.17) is 17.3 Å². The number of nitrogens with two attached hydrogens (primary N) is 1. The number of alkyl halides is 3. The second kappa shape index (κ2) is 8.26. The van der Waals surface area contributed by atoms with Crippen molar-refractivity contribution in [1.82, 2.24) is 0 Å².